The Morgan fingerprint density at radius 3 is 2.70 bits per heavy atom. The lowest BCUT2D eigenvalue weighted by Gasteiger charge is -2.27. The number of amides is 1. The Morgan fingerprint density at radius 2 is 2.00 bits per heavy atom. The first-order valence-electron chi connectivity index (χ1n) is 7.78. The first-order valence-corrected chi connectivity index (χ1v) is 8.77. The maximum absolute atomic E-state index is 11.9. The maximum atomic E-state index is 11.9. The van der Waals surface area contributed by atoms with E-state index in [1.807, 2.05) is 4.90 Å². The first kappa shape index (κ1) is 15.8. The molecule has 20 heavy (non-hydrogen) atoms. The molecule has 2 heterocycles. The SMILES string of the molecule is CC(=O)SCC1CC(=O)N(CCCN2CCCCC2)C1. The number of hydrogen-bond acceptors (Lipinski definition) is 4. The van der Waals surface area contributed by atoms with Gasteiger partial charge in [0.15, 0.2) is 5.12 Å². The second-order valence-corrected chi connectivity index (χ2v) is 7.17. The molecule has 0 spiro atoms. The summed E-state index contributed by atoms with van der Waals surface area (Å²) in [6.07, 6.45) is 5.74. The highest BCUT2D eigenvalue weighted by Crippen LogP contribution is 2.22. The normalized spacial score (nSPS) is 24.4. The molecule has 5 heteroatoms. The monoisotopic (exact) mass is 298 g/mol. The fraction of sp³-hybridized carbons (Fsp3) is 0.867. The van der Waals surface area contributed by atoms with E-state index in [-0.39, 0.29) is 11.0 Å². The van der Waals surface area contributed by atoms with Gasteiger partial charge in [-0.25, -0.2) is 0 Å². The molecule has 0 aromatic rings. The van der Waals surface area contributed by atoms with Gasteiger partial charge < -0.3 is 9.80 Å². The predicted octanol–water partition coefficient (Wildman–Crippen LogP) is 1.99. The second-order valence-electron chi connectivity index (χ2n) is 5.97. The number of thioether (sulfide) groups is 1. The quantitative estimate of drug-likeness (QED) is 0.752. The number of likely N-dealkylation sites (tertiary alicyclic amines) is 2. The fourth-order valence-electron chi connectivity index (χ4n) is 3.09. The van der Waals surface area contributed by atoms with Crippen LogP contribution in [0.4, 0.5) is 0 Å². The van der Waals surface area contributed by atoms with Crippen molar-refractivity contribution in [1.29, 1.82) is 0 Å². The molecule has 0 bridgehead atoms. The molecule has 114 valence electrons. The van der Waals surface area contributed by atoms with Gasteiger partial charge in [0.25, 0.3) is 0 Å². The molecule has 0 aromatic carbocycles. The van der Waals surface area contributed by atoms with Crippen LogP contribution in [0.15, 0.2) is 0 Å². The van der Waals surface area contributed by atoms with Crippen molar-refractivity contribution in [3.63, 3.8) is 0 Å². The van der Waals surface area contributed by atoms with E-state index in [2.05, 4.69) is 4.90 Å². The molecule has 0 aromatic heterocycles. The van der Waals surface area contributed by atoms with Crippen molar-refractivity contribution >= 4 is 22.8 Å². The van der Waals surface area contributed by atoms with Crippen LogP contribution in [-0.2, 0) is 9.59 Å². The van der Waals surface area contributed by atoms with Crippen molar-refractivity contribution in [3.8, 4) is 0 Å². The Hall–Kier alpha value is -0.550. The third-order valence-corrected chi connectivity index (χ3v) is 5.21. The standard InChI is InChI=1S/C15H26N2O2S/c1-13(18)20-12-14-10-15(19)17(11-14)9-5-8-16-6-3-2-4-7-16/h14H,2-12H2,1H3. The highest BCUT2D eigenvalue weighted by atomic mass is 32.2. The number of carbonyl (C=O) groups is 2. The average molecular weight is 298 g/mol. The van der Waals surface area contributed by atoms with Crippen LogP contribution in [0.1, 0.15) is 39.0 Å². The van der Waals surface area contributed by atoms with Crippen molar-refractivity contribution in [2.24, 2.45) is 5.92 Å². The minimum Gasteiger partial charge on any atom is -0.342 e. The minimum absolute atomic E-state index is 0.154. The van der Waals surface area contributed by atoms with E-state index in [0.29, 0.717) is 12.3 Å². The summed E-state index contributed by atoms with van der Waals surface area (Å²) in [7, 11) is 0. The average Bonchev–Trinajstić information content (AvgIpc) is 2.78. The third kappa shape index (κ3) is 5.09. The van der Waals surface area contributed by atoms with Crippen LogP contribution in [0, 0.1) is 5.92 Å². The van der Waals surface area contributed by atoms with Gasteiger partial charge in [0.1, 0.15) is 0 Å². The zero-order valence-corrected chi connectivity index (χ0v) is 13.3. The van der Waals surface area contributed by atoms with Crippen LogP contribution in [0.5, 0.6) is 0 Å². The van der Waals surface area contributed by atoms with Gasteiger partial charge in [-0.3, -0.25) is 9.59 Å². The van der Waals surface area contributed by atoms with Crippen LogP contribution in [0.2, 0.25) is 0 Å². The fourth-order valence-corrected chi connectivity index (χ4v) is 3.78. The lowest BCUT2D eigenvalue weighted by atomic mass is 10.1. The number of piperidine rings is 1. The van der Waals surface area contributed by atoms with E-state index in [0.717, 1.165) is 31.8 Å². The van der Waals surface area contributed by atoms with Crippen LogP contribution >= 0.6 is 11.8 Å². The minimum atomic E-state index is 0.154. The Morgan fingerprint density at radius 1 is 1.25 bits per heavy atom. The molecular formula is C15H26N2O2S. The van der Waals surface area contributed by atoms with Gasteiger partial charge in [0, 0.05) is 32.2 Å². The van der Waals surface area contributed by atoms with Gasteiger partial charge in [-0.05, 0) is 44.8 Å². The Kier molecular flexibility index (Phi) is 6.36. The lowest BCUT2D eigenvalue weighted by Crippen LogP contribution is -2.34. The predicted molar refractivity (Wildman–Crippen MR) is 82.7 cm³/mol. The van der Waals surface area contributed by atoms with Gasteiger partial charge in [0.2, 0.25) is 5.91 Å². The lowest BCUT2D eigenvalue weighted by molar-refractivity contribution is -0.127. The molecule has 0 saturated carbocycles. The molecule has 2 fully saturated rings. The third-order valence-electron chi connectivity index (χ3n) is 4.17. The molecule has 2 aliphatic rings. The topological polar surface area (TPSA) is 40.6 Å². The largest absolute Gasteiger partial charge is 0.342 e. The number of nitrogens with zero attached hydrogens (tertiary/aromatic N) is 2. The van der Waals surface area contributed by atoms with Gasteiger partial charge in [-0.1, -0.05) is 18.2 Å². The summed E-state index contributed by atoms with van der Waals surface area (Å²) in [5, 5.41) is 0.154. The molecule has 4 nitrogen and oxygen atoms in total. The zero-order valence-electron chi connectivity index (χ0n) is 12.5. The van der Waals surface area contributed by atoms with E-state index in [1.54, 1.807) is 6.92 Å². The van der Waals surface area contributed by atoms with Crippen molar-refractivity contribution in [2.75, 3.05) is 38.5 Å². The molecule has 2 aliphatic heterocycles. The molecule has 1 atom stereocenters. The van der Waals surface area contributed by atoms with Crippen LogP contribution < -0.4 is 0 Å². The number of hydrogen-bond donors (Lipinski definition) is 0. The summed E-state index contributed by atoms with van der Waals surface area (Å²) in [4.78, 5) is 27.4. The smallest absolute Gasteiger partial charge is 0.222 e. The van der Waals surface area contributed by atoms with Crippen LogP contribution in [0.3, 0.4) is 0 Å². The van der Waals surface area contributed by atoms with E-state index < -0.39 is 0 Å². The number of carbonyl (C=O) groups excluding carboxylic acids is 2. The molecule has 1 unspecified atom stereocenters. The van der Waals surface area contributed by atoms with E-state index in [9.17, 15) is 9.59 Å². The highest BCUT2D eigenvalue weighted by Gasteiger charge is 2.29. The summed E-state index contributed by atoms with van der Waals surface area (Å²) >= 11 is 1.35. The summed E-state index contributed by atoms with van der Waals surface area (Å²) in [6, 6.07) is 0. The first-order chi connectivity index (χ1) is 9.65. The maximum Gasteiger partial charge on any atom is 0.222 e. The Balaban J connectivity index is 1.62. The molecular weight excluding hydrogens is 272 g/mol. The molecule has 0 aliphatic carbocycles. The van der Waals surface area contributed by atoms with Crippen LogP contribution in [0.25, 0.3) is 0 Å². The Labute approximate surface area is 126 Å². The van der Waals surface area contributed by atoms with Gasteiger partial charge in [-0.15, -0.1) is 0 Å². The Bertz CT molecular complexity index is 343. The molecule has 2 saturated heterocycles. The van der Waals surface area contributed by atoms with Gasteiger partial charge >= 0.3 is 0 Å². The highest BCUT2D eigenvalue weighted by molar-refractivity contribution is 8.13. The molecule has 1 amide bonds. The van der Waals surface area contributed by atoms with Gasteiger partial charge in [-0.2, -0.15) is 0 Å². The summed E-state index contributed by atoms with van der Waals surface area (Å²) in [5.74, 6) is 1.44. The summed E-state index contributed by atoms with van der Waals surface area (Å²) in [5.41, 5.74) is 0. The molecule has 0 radical (unpaired) electrons. The zero-order chi connectivity index (χ0) is 14.4. The van der Waals surface area contributed by atoms with Crippen molar-refractivity contribution < 1.29 is 9.59 Å². The van der Waals surface area contributed by atoms with E-state index >= 15 is 0 Å². The second kappa shape index (κ2) is 8.03. The van der Waals surface area contributed by atoms with Crippen LogP contribution in [-0.4, -0.2) is 59.3 Å². The summed E-state index contributed by atoms with van der Waals surface area (Å²) in [6.45, 7) is 6.90. The summed E-state index contributed by atoms with van der Waals surface area (Å²) < 4.78 is 0. The van der Waals surface area contributed by atoms with Gasteiger partial charge in [0.05, 0.1) is 0 Å². The van der Waals surface area contributed by atoms with Crippen molar-refractivity contribution in [3.05, 3.63) is 0 Å². The number of rotatable bonds is 6. The van der Waals surface area contributed by atoms with E-state index in [4.69, 9.17) is 0 Å². The molecule has 2 rings (SSSR count). The van der Waals surface area contributed by atoms with Crippen molar-refractivity contribution in [1.82, 2.24) is 9.80 Å². The van der Waals surface area contributed by atoms with Crippen molar-refractivity contribution in [2.45, 2.75) is 39.0 Å². The molecule has 0 N–H and O–H groups in total. The van der Waals surface area contributed by atoms with E-state index in [1.165, 1.54) is 44.1 Å².